The maximum atomic E-state index is 11.6. The maximum Gasteiger partial charge on any atom is 0.211 e. The number of aliphatic hydroxyl groups is 1. The zero-order valence-electron chi connectivity index (χ0n) is 10.1. The fraction of sp³-hybridized carbons (Fsp3) is 0.545. The maximum absolute atomic E-state index is 11.6. The topological polar surface area (TPSA) is 88.5 Å². The summed E-state index contributed by atoms with van der Waals surface area (Å²) in [6.45, 7) is 0.640. The van der Waals surface area contributed by atoms with Gasteiger partial charge < -0.3 is 9.84 Å². The molecule has 0 aliphatic rings. The summed E-state index contributed by atoms with van der Waals surface area (Å²) in [7, 11) is -3.28. The van der Waals surface area contributed by atoms with Crippen molar-refractivity contribution in [1.82, 2.24) is 9.71 Å². The molecular weight excluding hydrogens is 256 g/mol. The van der Waals surface area contributed by atoms with Gasteiger partial charge in [-0.05, 0) is 24.1 Å². The molecule has 0 unspecified atom stereocenters. The molecule has 0 radical (unpaired) electrons. The average Bonchev–Trinajstić information content (AvgIpc) is 2.38. The molecule has 0 saturated carbocycles. The van der Waals surface area contributed by atoms with Crippen LogP contribution >= 0.6 is 0 Å². The summed E-state index contributed by atoms with van der Waals surface area (Å²) in [5.41, 5.74) is 0.937. The molecule has 1 rings (SSSR count). The Morgan fingerprint density at radius 2 is 2.00 bits per heavy atom. The Balaban J connectivity index is 2.23. The zero-order chi connectivity index (χ0) is 13.3. The summed E-state index contributed by atoms with van der Waals surface area (Å²) in [5.74, 6) is 0.0387. The third kappa shape index (κ3) is 6.65. The van der Waals surface area contributed by atoms with E-state index in [2.05, 4.69) is 9.71 Å². The molecule has 0 amide bonds. The highest BCUT2D eigenvalue weighted by molar-refractivity contribution is 7.89. The van der Waals surface area contributed by atoms with Crippen molar-refractivity contribution in [3.05, 3.63) is 30.1 Å². The summed E-state index contributed by atoms with van der Waals surface area (Å²) in [6, 6.07) is 3.58. The lowest BCUT2D eigenvalue weighted by molar-refractivity contribution is 0.0961. The van der Waals surface area contributed by atoms with Crippen molar-refractivity contribution in [2.45, 2.75) is 6.42 Å². The van der Waals surface area contributed by atoms with Crippen molar-refractivity contribution in [3.8, 4) is 0 Å². The van der Waals surface area contributed by atoms with Gasteiger partial charge in [0.25, 0.3) is 0 Å². The van der Waals surface area contributed by atoms with Crippen LogP contribution < -0.4 is 4.72 Å². The molecule has 6 nitrogen and oxygen atoms in total. The van der Waals surface area contributed by atoms with Crippen LogP contribution in [0.15, 0.2) is 24.5 Å². The van der Waals surface area contributed by atoms with Crippen molar-refractivity contribution in [2.75, 3.05) is 32.1 Å². The van der Waals surface area contributed by atoms with Gasteiger partial charge in [-0.1, -0.05) is 0 Å². The van der Waals surface area contributed by atoms with Crippen LogP contribution in [-0.2, 0) is 21.2 Å². The van der Waals surface area contributed by atoms with Crippen molar-refractivity contribution in [3.63, 3.8) is 0 Å². The van der Waals surface area contributed by atoms with Crippen molar-refractivity contribution < 1.29 is 18.3 Å². The first-order chi connectivity index (χ1) is 8.64. The molecular formula is C11H18N2O4S. The minimum atomic E-state index is -3.28. The van der Waals surface area contributed by atoms with Crippen molar-refractivity contribution in [1.29, 1.82) is 0 Å². The van der Waals surface area contributed by atoms with E-state index in [1.807, 2.05) is 0 Å². The second-order valence-electron chi connectivity index (χ2n) is 3.65. The summed E-state index contributed by atoms with van der Waals surface area (Å²) < 4.78 is 30.6. The normalized spacial score (nSPS) is 11.6. The first-order valence-corrected chi connectivity index (χ1v) is 7.34. The van der Waals surface area contributed by atoms with Crippen LogP contribution in [0.2, 0.25) is 0 Å². The molecule has 102 valence electrons. The van der Waals surface area contributed by atoms with Crippen LogP contribution in [0.1, 0.15) is 5.56 Å². The van der Waals surface area contributed by atoms with Crippen LogP contribution in [-0.4, -0.2) is 50.6 Å². The van der Waals surface area contributed by atoms with E-state index < -0.39 is 10.0 Å². The lowest BCUT2D eigenvalue weighted by Gasteiger charge is -2.07. The molecule has 1 heterocycles. The lowest BCUT2D eigenvalue weighted by Crippen LogP contribution is -2.30. The molecule has 0 aliphatic heterocycles. The largest absolute Gasteiger partial charge is 0.394 e. The molecule has 0 fully saturated rings. The Morgan fingerprint density at radius 1 is 1.28 bits per heavy atom. The number of aliphatic hydroxyl groups excluding tert-OH is 1. The SMILES string of the molecule is O=S(=O)(CCc1ccncc1)NCCOCCO. The molecule has 0 aromatic carbocycles. The van der Waals surface area contributed by atoms with Gasteiger partial charge in [0.2, 0.25) is 10.0 Å². The number of aryl methyl sites for hydroxylation is 1. The summed E-state index contributed by atoms with van der Waals surface area (Å²) in [4.78, 5) is 3.87. The Hall–Kier alpha value is -1.02. The second kappa shape index (κ2) is 8.15. The number of pyridine rings is 1. The van der Waals surface area contributed by atoms with E-state index in [0.29, 0.717) is 6.42 Å². The monoisotopic (exact) mass is 274 g/mol. The Bertz CT molecular complexity index is 422. The van der Waals surface area contributed by atoms with Gasteiger partial charge in [0.1, 0.15) is 0 Å². The molecule has 0 atom stereocenters. The molecule has 0 bridgehead atoms. The summed E-state index contributed by atoms with van der Waals surface area (Å²) in [5, 5.41) is 8.47. The molecule has 2 N–H and O–H groups in total. The zero-order valence-corrected chi connectivity index (χ0v) is 10.9. The van der Waals surface area contributed by atoms with Gasteiger partial charge in [-0.15, -0.1) is 0 Å². The molecule has 0 spiro atoms. The number of hydrogen-bond donors (Lipinski definition) is 2. The van der Waals surface area contributed by atoms with Crippen LogP contribution in [0.5, 0.6) is 0 Å². The van der Waals surface area contributed by atoms with Gasteiger partial charge in [0.05, 0.1) is 25.6 Å². The van der Waals surface area contributed by atoms with Gasteiger partial charge in [0, 0.05) is 18.9 Å². The molecule has 7 heteroatoms. The second-order valence-corrected chi connectivity index (χ2v) is 5.58. The third-order valence-corrected chi connectivity index (χ3v) is 3.60. The van der Waals surface area contributed by atoms with Crippen LogP contribution in [0, 0.1) is 0 Å². The molecule has 18 heavy (non-hydrogen) atoms. The van der Waals surface area contributed by atoms with E-state index >= 15 is 0 Å². The van der Waals surface area contributed by atoms with E-state index in [9.17, 15) is 8.42 Å². The van der Waals surface area contributed by atoms with Gasteiger partial charge in [-0.2, -0.15) is 0 Å². The highest BCUT2D eigenvalue weighted by Crippen LogP contribution is 1.99. The van der Waals surface area contributed by atoms with Gasteiger partial charge in [0.15, 0.2) is 0 Å². The highest BCUT2D eigenvalue weighted by atomic mass is 32.2. The quantitative estimate of drug-likeness (QED) is 0.596. The van der Waals surface area contributed by atoms with Crippen LogP contribution in [0.3, 0.4) is 0 Å². The molecule has 0 saturated heterocycles. The molecule has 1 aromatic rings. The number of hydrogen-bond acceptors (Lipinski definition) is 5. The van der Waals surface area contributed by atoms with Gasteiger partial charge in [-0.25, -0.2) is 13.1 Å². The Morgan fingerprint density at radius 3 is 2.67 bits per heavy atom. The molecule has 1 aromatic heterocycles. The number of sulfonamides is 1. The minimum Gasteiger partial charge on any atom is -0.394 e. The number of nitrogens with one attached hydrogen (secondary N) is 1. The number of nitrogens with zero attached hydrogens (tertiary/aromatic N) is 1. The van der Waals surface area contributed by atoms with Crippen molar-refractivity contribution in [2.24, 2.45) is 0 Å². The predicted molar refractivity (Wildman–Crippen MR) is 67.6 cm³/mol. The van der Waals surface area contributed by atoms with E-state index in [-0.39, 0.29) is 32.1 Å². The fourth-order valence-electron chi connectivity index (χ4n) is 1.31. The van der Waals surface area contributed by atoms with E-state index in [4.69, 9.17) is 9.84 Å². The standard InChI is InChI=1S/C11H18N2O4S/c14-7-9-17-8-6-13-18(15,16)10-3-11-1-4-12-5-2-11/h1-2,4-5,13-14H,3,6-10H2. The number of ether oxygens (including phenoxy) is 1. The smallest absolute Gasteiger partial charge is 0.211 e. The van der Waals surface area contributed by atoms with Crippen LogP contribution in [0.4, 0.5) is 0 Å². The van der Waals surface area contributed by atoms with E-state index in [1.54, 1.807) is 24.5 Å². The third-order valence-electron chi connectivity index (χ3n) is 2.21. The molecule has 0 aliphatic carbocycles. The lowest BCUT2D eigenvalue weighted by atomic mass is 10.2. The highest BCUT2D eigenvalue weighted by Gasteiger charge is 2.09. The number of aromatic nitrogens is 1. The van der Waals surface area contributed by atoms with Gasteiger partial charge >= 0.3 is 0 Å². The first kappa shape index (κ1) is 15.0. The Kier molecular flexibility index (Phi) is 6.81. The Labute approximate surface area is 107 Å². The predicted octanol–water partition coefficient (Wildman–Crippen LogP) is -0.448. The average molecular weight is 274 g/mol. The van der Waals surface area contributed by atoms with Crippen molar-refractivity contribution >= 4 is 10.0 Å². The van der Waals surface area contributed by atoms with E-state index in [1.165, 1.54) is 0 Å². The minimum absolute atomic E-state index is 0.0387. The van der Waals surface area contributed by atoms with Crippen LogP contribution in [0.25, 0.3) is 0 Å². The summed E-state index contributed by atoms with van der Waals surface area (Å²) in [6.07, 6.45) is 3.73. The van der Waals surface area contributed by atoms with Gasteiger partial charge in [-0.3, -0.25) is 4.98 Å². The number of rotatable bonds is 9. The van der Waals surface area contributed by atoms with E-state index in [0.717, 1.165) is 5.56 Å². The fourth-order valence-corrected chi connectivity index (χ4v) is 2.35. The summed E-state index contributed by atoms with van der Waals surface area (Å²) >= 11 is 0. The first-order valence-electron chi connectivity index (χ1n) is 5.69.